The highest BCUT2D eigenvalue weighted by atomic mass is 16.5. The monoisotopic (exact) mass is 215 g/mol. The molecule has 15 heavy (non-hydrogen) atoms. The molecule has 0 aromatic carbocycles. The van der Waals surface area contributed by atoms with Crippen LogP contribution in [0.5, 0.6) is 0 Å². The van der Waals surface area contributed by atoms with E-state index in [2.05, 4.69) is 10.1 Å². The normalized spacial score (nSPS) is 24.1. The van der Waals surface area contributed by atoms with Crippen molar-refractivity contribution in [3.8, 4) is 0 Å². The van der Waals surface area contributed by atoms with Crippen molar-refractivity contribution in [3.05, 3.63) is 0 Å². The van der Waals surface area contributed by atoms with E-state index in [1.165, 1.54) is 0 Å². The van der Waals surface area contributed by atoms with Crippen molar-refractivity contribution in [1.82, 2.24) is 5.32 Å². The van der Waals surface area contributed by atoms with Crippen LogP contribution in [0.25, 0.3) is 0 Å². The van der Waals surface area contributed by atoms with Crippen molar-refractivity contribution in [2.24, 2.45) is 0 Å². The molecule has 1 fully saturated rings. The van der Waals surface area contributed by atoms with Crippen molar-refractivity contribution in [2.75, 3.05) is 13.7 Å². The average molecular weight is 215 g/mol. The molecule has 1 N–H and O–H groups in total. The number of esters is 1. The Bertz CT molecular complexity index is 240. The fourth-order valence-corrected chi connectivity index (χ4v) is 1.52. The van der Waals surface area contributed by atoms with E-state index in [4.69, 9.17) is 4.74 Å². The van der Waals surface area contributed by atoms with Crippen LogP contribution < -0.4 is 5.32 Å². The number of methoxy groups -OCH3 is 1. The van der Waals surface area contributed by atoms with Crippen LogP contribution in [0.15, 0.2) is 0 Å². The van der Waals surface area contributed by atoms with Gasteiger partial charge in [0.15, 0.2) is 0 Å². The van der Waals surface area contributed by atoms with Crippen LogP contribution in [0.1, 0.15) is 26.2 Å². The van der Waals surface area contributed by atoms with Gasteiger partial charge in [-0.05, 0) is 19.8 Å². The predicted octanol–water partition coefficient (Wildman–Crippen LogP) is 0.233. The van der Waals surface area contributed by atoms with Crippen molar-refractivity contribution >= 4 is 11.9 Å². The summed E-state index contributed by atoms with van der Waals surface area (Å²) in [7, 11) is 1.62. The molecule has 5 nitrogen and oxygen atoms in total. The Labute approximate surface area is 89.1 Å². The van der Waals surface area contributed by atoms with Gasteiger partial charge in [0.2, 0.25) is 5.91 Å². The number of carbonyl (C=O) groups is 2. The summed E-state index contributed by atoms with van der Waals surface area (Å²) in [4.78, 5) is 22.3. The van der Waals surface area contributed by atoms with E-state index >= 15 is 0 Å². The van der Waals surface area contributed by atoms with Crippen LogP contribution in [-0.4, -0.2) is 37.7 Å². The van der Waals surface area contributed by atoms with Gasteiger partial charge in [-0.2, -0.15) is 0 Å². The van der Waals surface area contributed by atoms with Gasteiger partial charge in [-0.3, -0.25) is 9.59 Å². The molecule has 0 radical (unpaired) electrons. The minimum atomic E-state index is -0.483. The molecule has 5 heteroatoms. The second-order valence-electron chi connectivity index (χ2n) is 3.51. The van der Waals surface area contributed by atoms with E-state index < -0.39 is 5.97 Å². The minimum absolute atomic E-state index is 0.0527. The summed E-state index contributed by atoms with van der Waals surface area (Å²) >= 11 is 0. The third-order valence-corrected chi connectivity index (χ3v) is 2.47. The average Bonchev–Trinajstić information content (AvgIpc) is 2.13. The Kier molecular flexibility index (Phi) is 4.55. The van der Waals surface area contributed by atoms with Crippen molar-refractivity contribution < 1.29 is 19.1 Å². The summed E-state index contributed by atoms with van der Waals surface area (Å²) < 4.78 is 9.79. The molecule has 0 bridgehead atoms. The van der Waals surface area contributed by atoms with Gasteiger partial charge in [-0.15, -0.1) is 0 Å². The standard InChI is InChI=1S/C10H17NO4/c1-3-15-10(13)6-9(12)11-7-4-5-8(7)14-2/h7-8H,3-6H2,1-2H3,(H,11,12). The lowest BCUT2D eigenvalue weighted by molar-refractivity contribution is -0.146. The largest absolute Gasteiger partial charge is 0.466 e. The van der Waals surface area contributed by atoms with Gasteiger partial charge in [0.25, 0.3) is 0 Å². The molecule has 0 aromatic heterocycles. The maximum Gasteiger partial charge on any atom is 0.315 e. The highest BCUT2D eigenvalue weighted by molar-refractivity contribution is 5.94. The maximum atomic E-state index is 11.3. The van der Waals surface area contributed by atoms with Crippen molar-refractivity contribution in [2.45, 2.75) is 38.3 Å². The summed E-state index contributed by atoms with van der Waals surface area (Å²) in [5.41, 5.74) is 0. The number of hydrogen-bond acceptors (Lipinski definition) is 4. The highest BCUT2D eigenvalue weighted by Gasteiger charge is 2.32. The Morgan fingerprint density at radius 2 is 2.13 bits per heavy atom. The molecule has 2 atom stereocenters. The van der Waals surface area contributed by atoms with Crippen LogP contribution in [0.3, 0.4) is 0 Å². The maximum absolute atomic E-state index is 11.3. The molecule has 2 unspecified atom stereocenters. The number of nitrogens with one attached hydrogen (secondary N) is 1. The Morgan fingerprint density at radius 1 is 1.40 bits per heavy atom. The third kappa shape index (κ3) is 3.51. The van der Waals surface area contributed by atoms with E-state index in [9.17, 15) is 9.59 Å². The van der Waals surface area contributed by atoms with Crippen molar-refractivity contribution in [1.29, 1.82) is 0 Å². The molecule has 1 amide bonds. The molecule has 1 saturated carbocycles. The van der Waals surface area contributed by atoms with Gasteiger partial charge in [0.1, 0.15) is 6.42 Å². The lowest BCUT2D eigenvalue weighted by Gasteiger charge is -2.35. The number of ether oxygens (including phenoxy) is 2. The van der Waals surface area contributed by atoms with E-state index in [0.29, 0.717) is 6.61 Å². The lowest BCUT2D eigenvalue weighted by atomic mass is 9.89. The summed E-state index contributed by atoms with van der Waals surface area (Å²) in [5, 5.41) is 2.74. The SMILES string of the molecule is CCOC(=O)CC(=O)NC1CCC1OC. The number of carbonyl (C=O) groups excluding carboxylic acids is 2. The van der Waals surface area contributed by atoms with Crippen LogP contribution >= 0.6 is 0 Å². The van der Waals surface area contributed by atoms with Crippen LogP contribution in [-0.2, 0) is 19.1 Å². The predicted molar refractivity (Wildman–Crippen MR) is 53.2 cm³/mol. The van der Waals surface area contributed by atoms with Gasteiger partial charge in [0, 0.05) is 7.11 Å². The van der Waals surface area contributed by atoms with Crippen LogP contribution in [0.2, 0.25) is 0 Å². The summed E-state index contributed by atoms with van der Waals surface area (Å²) in [6.07, 6.45) is 1.76. The molecule has 0 heterocycles. The van der Waals surface area contributed by atoms with E-state index in [1.54, 1.807) is 14.0 Å². The molecule has 86 valence electrons. The molecule has 0 spiro atoms. The zero-order valence-corrected chi connectivity index (χ0v) is 9.12. The molecule has 0 aromatic rings. The van der Waals surface area contributed by atoms with E-state index in [-0.39, 0.29) is 24.5 Å². The van der Waals surface area contributed by atoms with E-state index in [1.807, 2.05) is 0 Å². The second-order valence-corrected chi connectivity index (χ2v) is 3.51. The topological polar surface area (TPSA) is 64.6 Å². The highest BCUT2D eigenvalue weighted by Crippen LogP contribution is 2.22. The quantitative estimate of drug-likeness (QED) is 0.527. The molecule has 1 aliphatic carbocycles. The molecule has 1 aliphatic rings. The van der Waals surface area contributed by atoms with Gasteiger partial charge < -0.3 is 14.8 Å². The molecular formula is C10H17NO4. The number of rotatable bonds is 5. The lowest BCUT2D eigenvalue weighted by Crippen LogP contribution is -2.51. The number of hydrogen-bond donors (Lipinski definition) is 1. The first-order chi connectivity index (χ1) is 7.17. The first kappa shape index (κ1) is 12.0. The Hall–Kier alpha value is -1.10. The minimum Gasteiger partial charge on any atom is -0.466 e. The third-order valence-electron chi connectivity index (χ3n) is 2.47. The van der Waals surface area contributed by atoms with Gasteiger partial charge in [-0.1, -0.05) is 0 Å². The van der Waals surface area contributed by atoms with Gasteiger partial charge >= 0.3 is 5.97 Å². The second kappa shape index (κ2) is 5.70. The summed E-state index contributed by atoms with van der Waals surface area (Å²) in [6.45, 7) is 2.01. The summed E-state index contributed by atoms with van der Waals surface area (Å²) in [6, 6.07) is 0.0527. The molecule has 0 aliphatic heterocycles. The molecular weight excluding hydrogens is 198 g/mol. The molecule has 1 rings (SSSR count). The number of amides is 1. The first-order valence-corrected chi connectivity index (χ1v) is 5.15. The van der Waals surface area contributed by atoms with Gasteiger partial charge in [0.05, 0.1) is 18.8 Å². The fraction of sp³-hybridized carbons (Fsp3) is 0.800. The first-order valence-electron chi connectivity index (χ1n) is 5.15. The van der Waals surface area contributed by atoms with Crippen LogP contribution in [0, 0.1) is 0 Å². The van der Waals surface area contributed by atoms with Crippen LogP contribution in [0.4, 0.5) is 0 Å². The summed E-state index contributed by atoms with van der Waals surface area (Å²) in [5.74, 6) is -0.775. The zero-order valence-electron chi connectivity index (χ0n) is 9.12. The van der Waals surface area contributed by atoms with Crippen molar-refractivity contribution in [3.63, 3.8) is 0 Å². The molecule has 0 saturated heterocycles. The zero-order chi connectivity index (χ0) is 11.3. The van der Waals surface area contributed by atoms with Gasteiger partial charge in [-0.25, -0.2) is 0 Å². The van der Waals surface area contributed by atoms with E-state index in [0.717, 1.165) is 12.8 Å². The smallest absolute Gasteiger partial charge is 0.315 e. The Balaban J connectivity index is 2.21. The Morgan fingerprint density at radius 3 is 2.60 bits per heavy atom. The fourth-order valence-electron chi connectivity index (χ4n) is 1.52.